The van der Waals surface area contributed by atoms with Gasteiger partial charge in [-0.3, -0.25) is 4.98 Å². The Morgan fingerprint density at radius 1 is 1.35 bits per heavy atom. The minimum atomic E-state index is -0.497. The molecule has 4 nitrogen and oxygen atoms in total. The predicted octanol–water partition coefficient (Wildman–Crippen LogP) is 2.33. The molecule has 1 atom stereocenters. The zero-order valence-electron chi connectivity index (χ0n) is 10.6. The van der Waals surface area contributed by atoms with Gasteiger partial charge in [0.05, 0.1) is 18.9 Å². The van der Waals surface area contributed by atoms with Crippen molar-refractivity contribution >= 4 is 0 Å². The Morgan fingerprint density at radius 2 is 2.18 bits per heavy atom. The first-order valence-corrected chi connectivity index (χ1v) is 6.02. The summed E-state index contributed by atoms with van der Waals surface area (Å²) in [5.41, 5.74) is 0.801. The third kappa shape index (κ3) is 5.15. The molecule has 0 saturated carbocycles. The normalized spacial score (nSPS) is 12.4. The summed E-state index contributed by atoms with van der Waals surface area (Å²) in [4.78, 5) is 4.07. The summed E-state index contributed by atoms with van der Waals surface area (Å²) in [7, 11) is 1.66. The molecule has 1 unspecified atom stereocenters. The summed E-state index contributed by atoms with van der Waals surface area (Å²) >= 11 is 0. The molecule has 1 aromatic rings. The summed E-state index contributed by atoms with van der Waals surface area (Å²) in [5.74, 6) is 0.718. The topological polar surface area (TPSA) is 51.6 Å². The zero-order chi connectivity index (χ0) is 12.5. The van der Waals surface area contributed by atoms with Crippen LogP contribution in [0.2, 0.25) is 0 Å². The van der Waals surface area contributed by atoms with Gasteiger partial charge in [0.15, 0.2) is 0 Å². The first-order chi connectivity index (χ1) is 8.27. The van der Waals surface area contributed by atoms with Gasteiger partial charge in [-0.1, -0.05) is 6.92 Å². The van der Waals surface area contributed by atoms with Crippen molar-refractivity contribution < 1.29 is 14.6 Å². The first kappa shape index (κ1) is 13.9. The van der Waals surface area contributed by atoms with Crippen LogP contribution in [0.25, 0.3) is 0 Å². The van der Waals surface area contributed by atoms with E-state index in [9.17, 15) is 5.11 Å². The van der Waals surface area contributed by atoms with Crippen LogP contribution in [-0.4, -0.2) is 30.4 Å². The lowest BCUT2D eigenvalue weighted by Gasteiger charge is -2.11. The van der Waals surface area contributed by atoms with Crippen molar-refractivity contribution in [3.05, 3.63) is 24.0 Å². The molecule has 1 N–H and O–H groups in total. The van der Waals surface area contributed by atoms with Crippen molar-refractivity contribution in [1.29, 1.82) is 0 Å². The molecule has 0 aliphatic carbocycles. The highest BCUT2D eigenvalue weighted by Crippen LogP contribution is 2.21. The number of ether oxygens (including phenoxy) is 2. The van der Waals surface area contributed by atoms with Gasteiger partial charge in [0.25, 0.3) is 0 Å². The van der Waals surface area contributed by atoms with Crippen LogP contribution in [0, 0.1) is 0 Å². The number of rotatable bonds is 8. The molecule has 0 radical (unpaired) electrons. The maximum Gasteiger partial charge on any atom is 0.137 e. The Balaban J connectivity index is 2.51. The van der Waals surface area contributed by atoms with Crippen molar-refractivity contribution in [2.75, 3.05) is 20.3 Å². The predicted molar refractivity (Wildman–Crippen MR) is 66.1 cm³/mol. The molecular formula is C13H21NO3. The van der Waals surface area contributed by atoms with E-state index >= 15 is 0 Å². The van der Waals surface area contributed by atoms with Crippen molar-refractivity contribution in [1.82, 2.24) is 4.98 Å². The smallest absolute Gasteiger partial charge is 0.137 e. The third-order valence-corrected chi connectivity index (χ3v) is 2.42. The summed E-state index contributed by atoms with van der Waals surface area (Å²) in [6.45, 7) is 3.39. The van der Waals surface area contributed by atoms with Crippen LogP contribution in [0.15, 0.2) is 18.5 Å². The van der Waals surface area contributed by atoms with E-state index in [1.54, 1.807) is 19.5 Å². The van der Waals surface area contributed by atoms with E-state index < -0.39 is 6.10 Å². The fourth-order valence-electron chi connectivity index (χ4n) is 1.50. The van der Waals surface area contributed by atoms with Gasteiger partial charge in [0.2, 0.25) is 0 Å². The second-order valence-electron chi connectivity index (χ2n) is 3.95. The van der Waals surface area contributed by atoms with E-state index in [4.69, 9.17) is 9.47 Å². The molecule has 0 amide bonds. The lowest BCUT2D eigenvalue weighted by Crippen LogP contribution is -2.02. The minimum Gasteiger partial charge on any atom is -0.492 e. The highest BCUT2D eigenvalue weighted by Gasteiger charge is 2.08. The minimum absolute atomic E-state index is 0.497. The van der Waals surface area contributed by atoms with Gasteiger partial charge in [-0.2, -0.15) is 0 Å². The molecule has 17 heavy (non-hydrogen) atoms. The van der Waals surface area contributed by atoms with Gasteiger partial charge in [0, 0.05) is 25.5 Å². The summed E-state index contributed by atoms with van der Waals surface area (Å²) in [6, 6.07) is 1.85. The van der Waals surface area contributed by atoms with Gasteiger partial charge < -0.3 is 14.6 Å². The quantitative estimate of drug-likeness (QED) is 0.707. The van der Waals surface area contributed by atoms with Gasteiger partial charge >= 0.3 is 0 Å². The molecule has 0 aliphatic rings. The van der Waals surface area contributed by atoms with E-state index in [0.717, 1.165) is 24.2 Å². The van der Waals surface area contributed by atoms with Gasteiger partial charge in [0.1, 0.15) is 5.75 Å². The highest BCUT2D eigenvalue weighted by atomic mass is 16.5. The van der Waals surface area contributed by atoms with Crippen molar-refractivity contribution in [2.24, 2.45) is 0 Å². The number of pyridine rings is 1. The number of aliphatic hydroxyl groups excluding tert-OH is 1. The molecule has 0 saturated heterocycles. The molecule has 1 rings (SSSR count). The molecule has 0 aromatic carbocycles. The van der Waals surface area contributed by atoms with E-state index in [2.05, 4.69) is 11.9 Å². The average molecular weight is 239 g/mol. The summed E-state index contributed by atoms with van der Waals surface area (Å²) in [5, 5.41) is 9.95. The van der Waals surface area contributed by atoms with Crippen molar-refractivity contribution in [3.8, 4) is 5.75 Å². The van der Waals surface area contributed by atoms with Gasteiger partial charge in [-0.15, -0.1) is 0 Å². The lowest BCUT2D eigenvalue weighted by atomic mass is 10.1. The van der Waals surface area contributed by atoms with Crippen molar-refractivity contribution in [3.63, 3.8) is 0 Å². The molecule has 1 aromatic heterocycles. The van der Waals surface area contributed by atoms with Crippen molar-refractivity contribution in [2.45, 2.75) is 32.3 Å². The number of methoxy groups -OCH3 is 1. The number of hydrogen-bond donors (Lipinski definition) is 1. The van der Waals surface area contributed by atoms with E-state index in [1.165, 1.54) is 0 Å². The number of aromatic nitrogens is 1. The molecule has 96 valence electrons. The summed E-state index contributed by atoms with van der Waals surface area (Å²) < 4.78 is 10.4. The monoisotopic (exact) mass is 239 g/mol. The third-order valence-electron chi connectivity index (χ3n) is 2.42. The Hall–Kier alpha value is -1.13. The Labute approximate surface area is 103 Å². The summed E-state index contributed by atoms with van der Waals surface area (Å²) in [6.07, 6.45) is 5.31. The van der Waals surface area contributed by atoms with E-state index in [1.807, 2.05) is 6.07 Å². The van der Waals surface area contributed by atoms with Crippen LogP contribution in [0.4, 0.5) is 0 Å². The van der Waals surface area contributed by atoms with E-state index in [-0.39, 0.29) is 0 Å². The fraction of sp³-hybridized carbons (Fsp3) is 0.615. The van der Waals surface area contributed by atoms with Crippen LogP contribution >= 0.6 is 0 Å². The first-order valence-electron chi connectivity index (χ1n) is 6.02. The molecular weight excluding hydrogens is 218 g/mol. The zero-order valence-corrected chi connectivity index (χ0v) is 10.6. The van der Waals surface area contributed by atoms with Gasteiger partial charge in [-0.25, -0.2) is 0 Å². The van der Waals surface area contributed by atoms with Gasteiger partial charge in [-0.05, 0) is 25.3 Å². The van der Waals surface area contributed by atoms with Crippen LogP contribution in [0.5, 0.6) is 5.75 Å². The second kappa shape index (κ2) is 8.03. The lowest BCUT2D eigenvalue weighted by molar-refractivity contribution is 0.135. The SMILES string of the molecule is CCCOc1cncc(C(O)CCCOC)c1. The van der Waals surface area contributed by atoms with Crippen LogP contribution < -0.4 is 4.74 Å². The number of aliphatic hydroxyl groups is 1. The molecule has 0 aliphatic heterocycles. The van der Waals surface area contributed by atoms with Crippen LogP contribution in [0.3, 0.4) is 0 Å². The Bertz CT molecular complexity index is 317. The standard InChI is InChI=1S/C13H21NO3/c1-3-6-17-12-8-11(9-14-10-12)13(15)5-4-7-16-2/h8-10,13,15H,3-7H2,1-2H3. The molecule has 1 heterocycles. The maximum absolute atomic E-state index is 9.95. The van der Waals surface area contributed by atoms with E-state index in [0.29, 0.717) is 19.6 Å². The second-order valence-corrected chi connectivity index (χ2v) is 3.95. The Morgan fingerprint density at radius 3 is 2.88 bits per heavy atom. The Kier molecular flexibility index (Phi) is 6.58. The number of nitrogens with zero attached hydrogens (tertiary/aromatic N) is 1. The maximum atomic E-state index is 9.95. The molecule has 0 bridgehead atoms. The number of hydrogen-bond acceptors (Lipinski definition) is 4. The molecule has 4 heteroatoms. The fourth-order valence-corrected chi connectivity index (χ4v) is 1.50. The molecule has 0 fully saturated rings. The average Bonchev–Trinajstić information content (AvgIpc) is 2.37. The van der Waals surface area contributed by atoms with Crippen LogP contribution in [-0.2, 0) is 4.74 Å². The van der Waals surface area contributed by atoms with Crippen LogP contribution in [0.1, 0.15) is 37.9 Å². The highest BCUT2D eigenvalue weighted by molar-refractivity contribution is 5.25. The largest absolute Gasteiger partial charge is 0.492 e. The molecule has 0 spiro atoms.